The first-order valence-corrected chi connectivity index (χ1v) is 11.6. The highest BCUT2D eigenvalue weighted by Gasteiger charge is 2.42. The van der Waals surface area contributed by atoms with Crippen LogP contribution >= 0.6 is 0 Å². The number of amides is 1. The molecule has 2 aromatic carbocycles. The van der Waals surface area contributed by atoms with E-state index in [1.165, 1.54) is 25.0 Å². The van der Waals surface area contributed by atoms with Crippen molar-refractivity contribution in [2.24, 2.45) is 5.92 Å². The average Bonchev–Trinajstić information content (AvgIpc) is 3.27. The molecule has 31 heavy (non-hydrogen) atoms. The van der Waals surface area contributed by atoms with Crippen LogP contribution < -0.4 is 10.1 Å². The van der Waals surface area contributed by atoms with Gasteiger partial charge < -0.3 is 10.1 Å². The molecule has 0 aromatic heterocycles. The molecule has 4 rings (SSSR count). The number of anilines is 1. The van der Waals surface area contributed by atoms with E-state index >= 15 is 0 Å². The molecule has 0 bridgehead atoms. The van der Waals surface area contributed by atoms with Crippen LogP contribution in [0.3, 0.4) is 0 Å². The molecular formula is C26H33FN2O2. The lowest BCUT2D eigenvalue weighted by molar-refractivity contribution is -0.121. The van der Waals surface area contributed by atoms with Crippen LogP contribution in [0.25, 0.3) is 0 Å². The van der Waals surface area contributed by atoms with E-state index in [4.69, 9.17) is 4.74 Å². The fourth-order valence-electron chi connectivity index (χ4n) is 5.06. The van der Waals surface area contributed by atoms with E-state index in [1.807, 2.05) is 24.3 Å². The molecule has 1 atom stereocenters. The van der Waals surface area contributed by atoms with Crippen LogP contribution in [0, 0.1) is 11.7 Å². The Morgan fingerprint density at radius 3 is 2.48 bits per heavy atom. The number of carbonyl (C=O) groups excluding carboxylic acids is 1. The summed E-state index contributed by atoms with van der Waals surface area (Å²) in [5.74, 6) is 1.30. The van der Waals surface area contributed by atoms with Crippen molar-refractivity contribution in [3.8, 4) is 5.75 Å². The zero-order valence-electron chi connectivity index (χ0n) is 18.4. The summed E-state index contributed by atoms with van der Waals surface area (Å²) in [5.41, 5.74) is 1.08. The van der Waals surface area contributed by atoms with Crippen LogP contribution in [0.15, 0.2) is 48.5 Å². The molecule has 0 spiro atoms. The van der Waals surface area contributed by atoms with E-state index < -0.39 is 5.41 Å². The second-order valence-corrected chi connectivity index (χ2v) is 9.17. The molecule has 4 nitrogen and oxygen atoms in total. The molecular weight excluding hydrogens is 391 g/mol. The largest absolute Gasteiger partial charge is 0.492 e. The Bertz CT molecular complexity index is 860. The van der Waals surface area contributed by atoms with Crippen LogP contribution in [-0.2, 0) is 10.2 Å². The first-order chi connectivity index (χ1) is 15.0. The molecule has 1 amide bonds. The molecule has 1 heterocycles. The fourth-order valence-corrected chi connectivity index (χ4v) is 5.06. The summed E-state index contributed by atoms with van der Waals surface area (Å²) in [7, 11) is 0. The lowest BCUT2D eigenvalue weighted by Crippen LogP contribution is -2.38. The van der Waals surface area contributed by atoms with E-state index in [9.17, 15) is 9.18 Å². The Morgan fingerprint density at radius 1 is 1.10 bits per heavy atom. The lowest BCUT2D eigenvalue weighted by atomic mass is 9.78. The molecule has 166 valence electrons. The number of hydrogen-bond donors (Lipinski definition) is 1. The maximum Gasteiger partial charge on any atom is 0.235 e. The number of benzene rings is 2. The van der Waals surface area contributed by atoms with Gasteiger partial charge in [0.05, 0.1) is 5.41 Å². The molecule has 2 aliphatic rings. The third-order valence-electron chi connectivity index (χ3n) is 6.82. The van der Waals surface area contributed by atoms with Gasteiger partial charge in [0.2, 0.25) is 5.91 Å². The molecule has 1 saturated carbocycles. The zero-order chi connectivity index (χ0) is 21.7. The van der Waals surface area contributed by atoms with Crippen molar-refractivity contribution in [3.05, 3.63) is 59.9 Å². The third kappa shape index (κ3) is 5.27. The Labute approximate surface area is 184 Å². The molecule has 1 aliphatic heterocycles. The van der Waals surface area contributed by atoms with Crippen molar-refractivity contribution in [1.82, 2.24) is 4.90 Å². The molecule has 1 aliphatic carbocycles. The van der Waals surface area contributed by atoms with Crippen LogP contribution in [0.5, 0.6) is 5.75 Å². The van der Waals surface area contributed by atoms with E-state index in [1.54, 1.807) is 12.1 Å². The molecule has 0 unspecified atom stereocenters. The monoisotopic (exact) mass is 424 g/mol. The van der Waals surface area contributed by atoms with Gasteiger partial charge in [-0.15, -0.1) is 0 Å². The van der Waals surface area contributed by atoms with E-state index in [-0.39, 0.29) is 11.7 Å². The number of halogens is 1. The number of rotatable bonds is 7. The summed E-state index contributed by atoms with van der Waals surface area (Å²) in [6.07, 6.45) is 6.20. The SMILES string of the molecule is C[C@@H]1CCCN(CCOc2ccc(NC(=O)C3(c4ccc(F)cc4)CCCC3)cc2)C1. The highest BCUT2D eigenvalue weighted by molar-refractivity contribution is 5.99. The maximum absolute atomic E-state index is 13.4. The minimum Gasteiger partial charge on any atom is -0.492 e. The Hall–Kier alpha value is -2.40. The van der Waals surface area contributed by atoms with Crippen molar-refractivity contribution in [2.45, 2.75) is 50.9 Å². The number of carbonyl (C=O) groups is 1. The average molecular weight is 425 g/mol. The minimum absolute atomic E-state index is 0.00973. The smallest absolute Gasteiger partial charge is 0.235 e. The van der Waals surface area contributed by atoms with Crippen molar-refractivity contribution in [3.63, 3.8) is 0 Å². The van der Waals surface area contributed by atoms with Crippen molar-refractivity contribution < 1.29 is 13.9 Å². The molecule has 2 aromatic rings. The van der Waals surface area contributed by atoms with Crippen LogP contribution in [0.4, 0.5) is 10.1 Å². The van der Waals surface area contributed by atoms with E-state index in [0.717, 1.165) is 68.2 Å². The van der Waals surface area contributed by atoms with Crippen LogP contribution in [0.2, 0.25) is 0 Å². The van der Waals surface area contributed by atoms with Gasteiger partial charge in [-0.3, -0.25) is 9.69 Å². The fraction of sp³-hybridized carbons (Fsp3) is 0.500. The van der Waals surface area contributed by atoms with Crippen molar-refractivity contribution in [2.75, 3.05) is 31.6 Å². The molecule has 0 radical (unpaired) electrons. The number of likely N-dealkylation sites (tertiary alicyclic amines) is 1. The van der Waals surface area contributed by atoms with Gasteiger partial charge in [-0.05, 0) is 80.1 Å². The van der Waals surface area contributed by atoms with E-state index in [2.05, 4.69) is 17.1 Å². The molecule has 5 heteroatoms. The number of ether oxygens (including phenoxy) is 1. The topological polar surface area (TPSA) is 41.6 Å². The van der Waals surface area contributed by atoms with Crippen molar-refractivity contribution in [1.29, 1.82) is 0 Å². The first-order valence-electron chi connectivity index (χ1n) is 11.6. The summed E-state index contributed by atoms with van der Waals surface area (Å²) in [6, 6.07) is 14.0. The van der Waals surface area contributed by atoms with Gasteiger partial charge in [0, 0.05) is 18.8 Å². The maximum atomic E-state index is 13.4. The van der Waals surface area contributed by atoms with Gasteiger partial charge in [0.1, 0.15) is 18.2 Å². The number of nitrogens with one attached hydrogen (secondary N) is 1. The van der Waals surface area contributed by atoms with Crippen molar-refractivity contribution >= 4 is 11.6 Å². The number of piperidine rings is 1. The molecule has 1 N–H and O–H groups in total. The number of nitrogens with zero attached hydrogens (tertiary/aromatic N) is 1. The highest BCUT2D eigenvalue weighted by Crippen LogP contribution is 2.42. The Balaban J connectivity index is 1.33. The minimum atomic E-state index is -0.575. The second kappa shape index (κ2) is 9.82. The quantitative estimate of drug-likeness (QED) is 0.648. The predicted molar refractivity (Wildman–Crippen MR) is 122 cm³/mol. The lowest BCUT2D eigenvalue weighted by Gasteiger charge is -2.30. The molecule has 1 saturated heterocycles. The predicted octanol–water partition coefficient (Wildman–Crippen LogP) is 5.39. The summed E-state index contributed by atoms with van der Waals surface area (Å²) in [5, 5.41) is 3.08. The summed E-state index contributed by atoms with van der Waals surface area (Å²) < 4.78 is 19.3. The van der Waals surface area contributed by atoms with Gasteiger partial charge in [0.25, 0.3) is 0 Å². The van der Waals surface area contributed by atoms with Crippen LogP contribution in [-0.4, -0.2) is 37.0 Å². The second-order valence-electron chi connectivity index (χ2n) is 9.17. The Morgan fingerprint density at radius 2 is 1.81 bits per heavy atom. The van der Waals surface area contributed by atoms with Gasteiger partial charge in [-0.1, -0.05) is 31.9 Å². The van der Waals surface area contributed by atoms with Gasteiger partial charge in [-0.25, -0.2) is 4.39 Å². The van der Waals surface area contributed by atoms with Gasteiger partial charge in [-0.2, -0.15) is 0 Å². The highest BCUT2D eigenvalue weighted by atomic mass is 19.1. The van der Waals surface area contributed by atoms with Gasteiger partial charge >= 0.3 is 0 Å². The Kier molecular flexibility index (Phi) is 6.91. The first kappa shape index (κ1) is 21.8. The zero-order valence-corrected chi connectivity index (χ0v) is 18.4. The normalized spacial score (nSPS) is 21.0. The van der Waals surface area contributed by atoms with Crippen LogP contribution in [0.1, 0.15) is 51.0 Å². The molecule has 2 fully saturated rings. The summed E-state index contributed by atoms with van der Waals surface area (Å²) in [4.78, 5) is 15.7. The van der Waals surface area contributed by atoms with E-state index in [0.29, 0.717) is 6.61 Å². The number of hydrogen-bond acceptors (Lipinski definition) is 3. The van der Waals surface area contributed by atoms with Gasteiger partial charge in [0.15, 0.2) is 0 Å². The standard InChI is InChI=1S/C26H33FN2O2/c1-20-5-4-16-29(19-20)17-18-31-24-12-10-23(11-13-24)28-25(30)26(14-2-3-15-26)21-6-8-22(27)9-7-21/h6-13,20H,2-5,14-19H2,1H3,(H,28,30)/t20-/m1/s1. The summed E-state index contributed by atoms with van der Waals surface area (Å²) in [6.45, 7) is 6.25. The summed E-state index contributed by atoms with van der Waals surface area (Å²) >= 11 is 0. The third-order valence-corrected chi connectivity index (χ3v) is 6.82.